The van der Waals surface area contributed by atoms with Crippen molar-refractivity contribution in [1.29, 1.82) is 0 Å². The summed E-state index contributed by atoms with van der Waals surface area (Å²) in [5.41, 5.74) is 4.25. The van der Waals surface area contributed by atoms with Crippen molar-refractivity contribution in [3.63, 3.8) is 0 Å². The highest BCUT2D eigenvalue weighted by atomic mass is 16.7. The number of ether oxygens (including phenoxy) is 4. The highest BCUT2D eigenvalue weighted by Gasteiger charge is 2.65. The highest BCUT2D eigenvalue weighted by Crippen LogP contribution is 2.61. The summed E-state index contributed by atoms with van der Waals surface area (Å²) < 4.78 is 25.4. The molecule has 0 saturated heterocycles. The molecule has 0 radical (unpaired) electrons. The van der Waals surface area contributed by atoms with Crippen molar-refractivity contribution in [3.05, 3.63) is 114 Å². The molecular weight excluding hydrogens is 751 g/mol. The molecular formula is C47H59N3O9. The van der Waals surface area contributed by atoms with Gasteiger partial charge in [-0.1, -0.05) is 72.6 Å². The van der Waals surface area contributed by atoms with Crippen LogP contribution < -0.4 is 19.5 Å². The molecule has 3 aromatic rings. The number of carbonyl (C=O) groups is 2. The van der Waals surface area contributed by atoms with Crippen LogP contribution in [0.1, 0.15) is 74.5 Å². The van der Waals surface area contributed by atoms with Gasteiger partial charge in [-0.05, 0) is 91.5 Å². The highest BCUT2D eigenvalue weighted by molar-refractivity contribution is 6.03. The molecule has 2 aliphatic carbocycles. The maximum Gasteiger partial charge on any atom is 0.412 e. The number of nitrogens with zero attached hydrogens (tertiary/aromatic N) is 2. The Hall–Kier alpha value is -5.17. The minimum atomic E-state index is -1.40. The van der Waals surface area contributed by atoms with Gasteiger partial charge in [-0.2, -0.15) is 0 Å². The zero-order valence-corrected chi connectivity index (χ0v) is 34.5. The molecule has 316 valence electrons. The Morgan fingerprint density at radius 3 is 2.47 bits per heavy atom. The molecule has 1 aliphatic heterocycles. The van der Waals surface area contributed by atoms with E-state index in [4.69, 9.17) is 28.9 Å². The predicted molar refractivity (Wildman–Crippen MR) is 225 cm³/mol. The van der Waals surface area contributed by atoms with Crippen LogP contribution in [0.15, 0.2) is 102 Å². The molecule has 12 nitrogen and oxygen atoms in total. The van der Waals surface area contributed by atoms with Gasteiger partial charge in [0.2, 0.25) is 11.7 Å². The first-order chi connectivity index (χ1) is 28.8. The summed E-state index contributed by atoms with van der Waals surface area (Å²) in [4.78, 5) is 35.1. The number of amides is 2. The van der Waals surface area contributed by atoms with E-state index in [1.807, 2.05) is 73.7 Å². The topological polar surface area (TPSA) is 148 Å². The monoisotopic (exact) mass is 809 g/mol. The fourth-order valence-electron chi connectivity index (χ4n) is 9.09. The van der Waals surface area contributed by atoms with Gasteiger partial charge in [0.15, 0.2) is 0 Å². The standard InChI is InChI=1S/C47H59N3O9/c1-5-25-56-47-42(50(3)43(53)27-33-17-14-19-35(26-33)55-4)30-40(49-57-31-32-15-8-7-9-16-32)38-28-34(18-10-12-23-51)37(20-11-13-24-52)44(45(38)47)39-29-36(21-22-41(39)59-47)58-46(54)48-6-2/h5,7-9,14-17,19,21-22,26,28-29,34,37,42,44-45,51-52H,1,6,10-13,18,20,23-25,27,30-31H2,2-4H3,(H,48,54)/t34-,37+,42-,44+,45+,47+/m0/s1. The Morgan fingerprint density at radius 2 is 1.75 bits per heavy atom. The second-order valence-electron chi connectivity index (χ2n) is 15.5. The van der Waals surface area contributed by atoms with Crippen molar-refractivity contribution in [2.45, 2.75) is 82.6 Å². The van der Waals surface area contributed by atoms with E-state index in [1.165, 1.54) is 0 Å². The zero-order valence-electron chi connectivity index (χ0n) is 34.5. The van der Waals surface area contributed by atoms with Gasteiger partial charge in [0.1, 0.15) is 29.9 Å². The average Bonchev–Trinajstić information content (AvgIpc) is 3.24. The number of benzene rings is 3. The van der Waals surface area contributed by atoms with Crippen molar-refractivity contribution < 1.29 is 43.6 Å². The zero-order chi connectivity index (χ0) is 41.8. The first-order valence-corrected chi connectivity index (χ1v) is 20.8. The quantitative estimate of drug-likeness (QED) is 0.0606. The number of oxime groups is 1. The third-order valence-corrected chi connectivity index (χ3v) is 11.8. The Labute approximate surface area is 347 Å². The SMILES string of the molecule is C=CCO[C@@]12Oc3ccc(OC(=O)NCC)cc3[C@H]3[C@H](CCCCO)[C@@H](CCCCO)C=C(C(=NOCc4ccccc4)C[C@@H]1N(C)C(=O)Cc1cccc(OC)c1)[C@H]32. The minimum Gasteiger partial charge on any atom is -0.497 e. The Kier molecular flexibility index (Phi) is 15.2. The fraction of sp³-hybridized carbons (Fsp3) is 0.468. The molecule has 0 unspecified atom stereocenters. The van der Waals surface area contributed by atoms with E-state index < -0.39 is 23.8 Å². The molecule has 3 aliphatic rings. The number of hydrogen-bond donors (Lipinski definition) is 3. The third kappa shape index (κ3) is 10.0. The van der Waals surface area contributed by atoms with Crippen molar-refractivity contribution >= 4 is 17.7 Å². The first kappa shape index (κ1) is 43.4. The molecule has 1 heterocycles. The van der Waals surface area contributed by atoms with E-state index in [2.05, 4.69) is 18.0 Å². The summed E-state index contributed by atoms with van der Waals surface area (Å²) >= 11 is 0. The number of methoxy groups -OCH3 is 1. The number of carbonyl (C=O) groups excluding carboxylic acids is 2. The maximum absolute atomic E-state index is 14.5. The van der Waals surface area contributed by atoms with Crippen molar-refractivity contribution in [3.8, 4) is 17.2 Å². The molecule has 2 amide bonds. The third-order valence-electron chi connectivity index (χ3n) is 11.8. The number of allylic oxidation sites excluding steroid dienone is 1. The summed E-state index contributed by atoms with van der Waals surface area (Å²) in [6, 6.07) is 22.1. The number of unbranched alkanes of at least 4 members (excludes halogenated alkanes) is 2. The van der Waals surface area contributed by atoms with Gasteiger partial charge in [-0.15, -0.1) is 6.58 Å². The van der Waals surface area contributed by atoms with E-state index in [0.29, 0.717) is 42.3 Å². The van der Waals surface area contributed by atoms with Crippen LogP contribution in [-0.2, 0) is 27.4 Å². The molecule has 0 aromatic heterocycles. The van der Waals surface area contributed by atoms with E-state index in [0.717, 1.165) is 47.9 Å². The van der Waals surface area contributed by atoms with Crippen molar-refractivity contribution in [2.24, 2.45) is 22.9 Å². The van der Waals surface area contributed by atoms with Crippen LogP contribution >= 0.6 is 0 Å². The maximum atomic E-state index is 14.5. The lowest BCUT2D eigenvalue weighted by Crippen LogP contribution is -2.69. The second-order valence-corrected chi connectivity index (χ2v) is 15.5. The van der Waals surface area contributed by atoms with Gasteiger partial charge >= 0.3 is 6.09 Å². The molecule has 6 rings (SSSR count). The first-order valence-electron chi connectivity index (χ1n) is 20.8. The van der Waals surface area contributed by atoms with Gasteiger partial charge in [0.25, 0.3) is 0 Å². The van der Waals surface area contributed by atoms with Gasteiger partial charge < -0.3 is 44.2 Å². The Bertz CT molecular complexity index is 1950. The van der Waals surface area contributed by atoms with Gasteiger partial charge in [-0.25, -0.2) is 4.79 Å². The van der Waals surface area contributed by atoms with Crippen LogP contribution in [0.5, 0.6) is 17.2 Å². The number of fused-ring (bicyclic) bond motifs is 2. The molecule has 1 fully saturated rings. The number of nitrogens with one attached hydrogen (secondary N) is 1. The molecule has 0 bridgehead atoms. The van der Waals surface area contributed by atoms with E-state index in [9.17, 15) is 19.8 Å². The summed E-state index contributed by atoms with van der Waals surface area (Å²) in [7, 11) is 3.39. The molecule has 12 heteroatoms. The van der Waals surface area contributed by atoms with Crippen LogP contribution in [-0.4, -0.2) is 85.2 Å². The van der Waals surface area contributed by atoms with Crippen LogP contribution in [0, 0.1) is 17.8 Å². The van der Waals surface area contributed by atoms with Crippen molar-refractivity contribution in [2.75, 3.05) is 40.5 Å². The van der Waals surface area contributed by atoms with Crippen LogP contribution in [0.3, 0.4) is 0 Å². The van der Waals surface area contributed by atoms with Crippen molar-refractivity contribution in [1.82, 2.24) is 10.2 Å². The number of rotatable bonds is 20. The minimum absolute atomic E-state index is 0.0195. The summed E-state index contributed by atoms with van der Waals surface area (Å²) in [5.74, 6) is -0.621. The predicted octanol–water partition coefficient (Wildman–Crippen LogP) is 7.34. The van der Waals surface area contributed by atoms with Crippen LogP contribution in [0.25, 0.3) is 0 Å². The molecule has 3 aromatic carbocycles. The number of likely N-dealkylation sites (N-methyl/N-ethyl adjacent to an activating group) is 1. The largest absolute Gasteiger partial charge is 0.497 e. The summed E-state index contributed by atoms with van der Waals surface area (Å²) in [6.45, 7) is 6.81. The number of aliphatic hydroxyl groups excluding tert-OH is 2. The number of hydrogen-bond acceptors (Lipinski definition) is 10. The average molecular weight is 810 g/mol. The Morgan fingerprint density at radius 1 is 0.983 bits per heavy atom. The van der Waals surface area contributed by atoms with Gasteiger partial charge in [0, 0.05) is 44.7 Å². The van der Waals surface area contributed by atoms with E-state index in [1.54, 1.807) is 31.2 Å². The van der Waals surface area contributed by atoms with E-state index >= 15 is 0 Å². The van der Waals surface area contributed by atoms with Gasteiger partial charge in [-0.3, -0.25) is 4.79 Å². The smallest absolute Gasteiger partial charge is 0.412 e. The van der Waals surface area contributed by atoms with Crippen LogP contribution in [0.4, 0.5) is 4.79 Å². The molecule has 59 heavy (non-hydrogen) atoms. The lowest BCUT2D eigenvalue weighted by atomic mass is 9.55. The van der Waals surface area contributed by atoms with Gasteiger partial charge in [0.05, 0.1) is 31.8 Å². The second kappa shape index (κ2) is 20.7. The van der Waals surface area contributed by atoms with E-state index in [-0.39, 0.29) is 62.9 Å². The fourth-order valence-corrected chi connectivity index (χ4v) is 9.09. The summed E-state index contributed by atoms with van der Waals surface area (Å²) in [6.07, 6.45) is 8.29. The number of aliphatic hydroxyl groups is 2. The molecule has 0 spiro atoms. The lowest BCUT2D eigenvalue weighted by molar-refractivity contribution is -0.255. The normalized spacial score (nSPS) is 23.5. The lowest BCUT2D eigenvalue weighted by Gasteiger charge is -2.59. The summed E-state index contributed by atoms with van der Waals surface area (Å²) in [5, 5.41) is 27.3. The molecule has 6 atom stereocenters. The molecule has 3 N–H and O–H groups in total. The Balaban J connectivity index is 1.54. The molecule has 1 saturated carbocycles. The van der Waals surface area contributed by atoms with Crippen LogP contribution in [0.2, 0.25) is 0 Å².